The van der Waals surface area contributed by atoms with E-state index in [-0.39, 0.29) is 17.9 Å². The van der Waals surface area contributed by atoms with Crippen molar-refractivity contribution in [1.29, 1.82) is 0 Å². The lowest BCUT2D eigenvalue weighted by atomic mass is 9.82. The molecule has 0 aliphatic heterocycles. The van der Waals surface area contributed by atoms with Gasteiger partial charge in [-0.15, -0.1) is 0 Å². The highest BCUT2D eigenvalue weighted by Crippen LogP contribution is 2.29. The van der Waals surface area contributed by atoms with Crippen molar-refractivity contribution in [2.24, 2.45) is 17.8 Å². The van der Waals surface area contributed by atoms with E-state index in [2.05, 4.69) is 12.2 Å². The molecule has 98 valence electrons. The molecule has 3 nitrogen and oxygen atoms in total. The predicted molar refractivity (Wildman–Crippen MR) is 67.5 cm³/mol. The molecule has 2 fully saturated rings. The summed E-state index contributed by atoms with van der Waals surface area (Å²) in [5.74, 6) is 1.42. The first-order chi connectivity index (χ1) is 8.16. The summed E-state index contributed by atoms with van der Waals surface area (Å²) < 4.78 is 0. The maximum Gasteiger partial charge on any atom is 0.223 e. The molecule has 0 saturated heterocycles. The molecule has 2 saturated carbocycles. The molecular weight excluding hydrogens is 214 g/mol. The Balaban J connectivity index is 1.73. The number of rotatable bonds is 3. The lowest BCUT2D eigenvalue weighted by Crippen LogP contribution is -2.37. The second kappa shape index (κ2) is 5.85. The fourth-order valence-corrected chi connectivity index (χ4v) is 3.30. The minimum absolute atomic E-state index is 0.194. The standard InChI is InChI=1S/C14H25NO2/c1-10-4-2-5-11(8-10)14(17)15-9-12-6-3-7-13(12)16/h10-13,16H,2-9H2,1H3,(H,15,17). The summed E-state index contributed by atoms with van der Waals surface area (Å²) in [5, 5.41) is 12.7. The summed E-state index contributed by atoms with van der Waals surface area (Å²) in [6.07, 6.45) is 7.41. The molecule has 0 aromatic rings. The Kier molecular flexibility index (Phi) is 4.43. The van der Waals surface area contributed by atoms with Gasteiger partial charge in [0, 0.05) is 18.4 Å². The van der Waals surface area contributed by atoms with Crippen LogP contribution in [0.3, 0.4) is 0 Å². The molecule has 4 atom stereocenters. The largest absolute Gasteiger partial charge is 0.393 e. The van der Waals surface area contributed by atoms with Gasteiger partial charge in [-0.3, -0.25) is 4.79 Å². The Morgan fingerprint density at radius 3 is 2.65 bits per heavy atom. The maximum absolute atomic E-state index is 12.0. The first-order valence-corrected chi connectivity index (χ1v) is 7.12. The zero-order chi connectivity index (χ0) is 12.3. The summed E-state index contributed by atoms with van der Waals surface area (Å²) in [4.78, 5) is 12.0. The van der Waals surface area contributed by atoms with E-state index in [1.165, 1.54) is 12.8 Å². The van der Waals surface area contributed by atoms with Crippen molar-refractivity contribution in [3.8, 4) is 0 Å². The second-order valence-corrected chi connectivity index (χ2v) is 5.97. The van der Waals surface area contributed by atoms with E-state index in [0.717, 1.165) is 32.1 Å². The van der Waals surface area contributed by atoms with Crippen LogP contribution in [0, 0.1) is 17.8 Å². The highest BCUT2D eigenvalue weighted by Gasteiger charge is 2.28. The van der Waals surface area contributed by atoms with Crippen LogP contribution < -0.4 is 5.32 Å². The van der Waals surface area contributed by atoms with Gasteiger partial charge in [-0.25, -0.2) is 0 Å². The van der Waals surface area contributed by atoms with Gasteiger partial charge in [0.1, 0.15) is 0 Å². The highest BCUT2D eigenvalue weighted by molar-refractivity contribution is 5.78. The first-order valence-electron chi connectivity index (χ1n) is 7.12. The van der Waals surface area contributed by atoms with E-state index in [1.807, 2.05) is 0 Å². The van der Waals surface area contributed by atoms with Crippen molar-refractivity contribution in [1.82, 2.24) is 5.32 Å². The number of amides is 1. The van der Waals surface area contributed by atoms with E-state index in [0.29, 0.717) is 18.4 Å². The average Bonchev–Trinajstić information content (AvgIpc) is 2.72. The molecule has 17 heavy (non-hydrogen) atoms. The van der Waals surface area contributed by atoms with Crippen molar-refractivity contribution in [2.75, 3.05) is 6.54 Å². The quantitative estimate of drug-likeness (QED) is 0.792. The van der Waals surface area contributed by atoms with Gasteiger partial charge in [0.15, 0.2) is 0 Å². The number of nitrogens with one attached hydrogen (secondary N) is 1. The van der Waals surface area contributed by atoms with Crippen LogP contribution in [-0.2, 0) is 4.79 Å². The van der Waals surface area contributed by atoms with Gasteiger partial charge in [0.05, 0.1) is 6.10 Å². The topological polar surface area (TPSA) is 49.3 Å². The SMILES string of the molecule is CC1CCCC(C(=O)NCC2CCCC2O)C1. The van der Waals surface area contributed by atoms with Gasteiger partial charge in [0.2, 0.25) is 5.91 Å². The summed E-state index contributed by atoms with van der Waals surface area (Å²) in [6, 6.07) is 0. The van der Waals surface area contributed by atoms with Gasteiger partial charge in [-0.2, -0.15) is 0 Å². The smallest absolute Gasteiger partial charge is 0.223 e. The van der Waals surface area contributed by atoms with Crippen molar-refractivity contribution in [3.05, 3.63) is 0 Å². The normalized spacial score (nSPS) is 38.0. The monoisotopic (exact) mass is 239 g/mol. The van der Waals surface area contributed by atoms with Crippen LogP contribution in [0.25, 0.3) is 0 Å². The van der Waals surface area contributed by atoms with Crippen LogP contribution in [0.5, 0.6) is 0 Å². The number of carbonyl (C=O) groups is 1. The molecule has 0 heterocycles. The third kappa shape index (κ3) is 3.44. The van der Waals surface area contributed by atoms with Gasteiger partial charge in [-0.1, -0.05) is 26.2 Å². The minimum Gasteiger partial charge on any atom is -0.393 e. The molecule has 3 heteroatoms. The van der Waals surface area contributed by atoms with Crippen molar-refractivity contribution >= 4 is 5.91 Å². The van der Waals surface area contributed by atoms with E-state index < -0.39 is 0 Å². The van der Waals surface area contributed by atoms with E-state index in [9.17, 15) is 9.90 Å². The van der Waals surface area contributed by atoms with E-state index in [1.54, 1.807) is 0 Å². The van der Waals surface area contributed by atoms with Gasteiger partial charge < -0.3 is 10.4 Å². The number of aliphatic hydroxyl groups is 1. The van der Waals surface area contributed by atoms with Crippen LogP contribution in [0.15, 0.2) is 0 Å². The number of aliphatic hydroxyl groups excluding tert-OH is 1. The van der Waals surface area contributed by atoms with Gasteiger partial charge in [0.25, 0.3) is 0 Å². The first kappa shape index (κ1) is 12.9. The number of carbonyl (C=O) groups excluding carboxylic acids is 1. The van der Waals surface area contributed by atoms with Gasteiger partial charge >= 0.3 is 0 Å². The van der Waals surface area contributed by atoms with Crippen molar-refractivity contribution in [3.63, 3.8) is 0 Å². The Labute approximate surface area is 104 Å². The fourth-order valence-electron chi connectivity index (χ4n) is 3.30. The van der Waals surface area contributed by atoms with Gasteiger partial charge in [-0.05, 0) is 31.6 Å². The summed E-state index contributed by atoms with van der Waals surface area (Å²) >= 11 is 0. The fraction of sp³-hybridized carbons (Fsp3) is 0.929. The molecule has 0 aromatic heterocycles. The highest BCUT2D eigenvalue weighted by atomic mass is 16.3. The lowest BCUT2D eigenvalue weighted by molar-refractivity contribution is -0.126. The Morgan fingerprint density at radius 1 is 1.24 bits per heavy atom. The third-order valence-corrected chi connectivity index (χ3v) is 4.46. The molecule has 2 aliphatic carbocycles. The van der Waals surface area contributed by atoms with Crippen LogP contribution >= 0.6 is 0 Å². The zero-order valence-corrected chi connectivity index (χ0v) is 10.8. The molecule has 4 unspecified atom stereocenters. The molecule has 2 N–H and O–H groups in total. The van der Waals surface area contributed by atoms with E-state index in [4.69, 9.17) is 0 Å². The summed E-state index contributed by atoms with van der Waals surface area (Å²) in [6.45, 7) is 2.91. The average molecular weight is 239 g/mol. The predicted octanol–water partition coefficient (Wildman–Crippen LogP) is 2.09. The molecule has 2 rings (SSSR count). The van der Waals surface area contributed by atoms with Crippen LogP contribution in [-0.4, -0.2) is 23.7 Å². The van der Waals surface area contributed by atoms with Crippen LogP contribution in [0.2, 0.25) is 0 Å². The van der Waals surface area contributed by atoms with Crippen LogP contribution in [0.1, 0.15) is 51.9 Å². The number of hydrogen-bond donors (Lipinski definition) is 2. The van der Waals surface area contributed by atoms with Crippen molar-refractivity contribution in [2.45, 2.75) is 58.0 Å². The zero-order valence-electron chi connectivity index (χ0n) is 10.8. The maximum atomic E-state index is 12.0. The number of hydrogen-bond acceptors (Lipinski definition) is 2. The van der Waals surface area contributed by atoms with Crippen molar-refractivity contribution < 1.29 is 9.90 Å². The molecule has 1 amide bonds. The molecule has 0 spiro atoms. The Bertz CT molecular complexity index is 267. The summed E-state index contributed by atoms with van der Waals surface area (Å²) in [7, 11) is 0. The molecule has 0 aromatic carbocycles. The Hall–Kier alpha value is -0.570. The molecule has 0 radical (unpaired) electrons. The van der Waals surface area contributed by atoms with Crippen LogP contribution in [0.4, 0.5) is 0 Å². The second-order valence-electron chi connectivity index (χ2n) is 5.97. The summed E-state index contributed by atoms with van der Waals surface area (Å²) in [5.41, 5.74) is 0. The van der Waals surface area contributed by atoms with E-state index >= 15 is 0 Å². The Morgan fingerprint density at radius 2 is 2.00 bits per heavy atom. The molecule has 0 bridgehead atoms. The minimum atomic E-state index is -0.194. The molecule has 2 aliphatic rings. The molecular formula is C14H25NO2. The lowest BCUT2D eigenvalue weighted by Gasteiger charge is -2.26. The third-order valence-electron chi connectivity index (χ3n) is 4.46.